The second-order valence-corrected chi connectivity index (χ2v) is 7.59. The normalized spacial score (nSPS) is 14.5. The van der Waals surface area contributed by atoms with Crippen LogP contribution in [0.15, 0.2) is 24.3 Å². The van der Waals surface area contributed by atoms with Crippen LogP contribution in [-0.2, 0) is 25.5 Å². The van der Waals surface area contributed by atoms with Crippen molar-refractivity contribution < 1.29 is 27.2 Å². The van der Waals surface area contributed by atoms with E-state index in [1.54, 1.807) is 32.9 Å². The molecule has 1 aromatic carbocycles. The summed E-state index contributed by atoms with van der Waals surface area (Å²) in [5.74, 6) is -0.706. The number of hydrogen-bond donors (Lipinski definition) is 1. The number of rotatable bonds is 9. The number of carbonyl (C=O) groups is 1. The quantitative estimate of drug-likeness (QED) is 0.547. The highest BCUT2D eigenvalue weighted by Gasteiger charge is 2.39. The Morgan fingerprint density at radius 3 is 2.26 bits per heavy atom. The maximum absolute atomic E-state index is 11.4. The molecule has 0 aliphatic rings. The molecule has 1 N–H and O–H groups in total. The summed E-state index contributed by atoms with van der Waals surface area (Å²) < 4.78 is 32.0. The maximum Gasteiger partial charge on any atom is 0.348 e. The van der Waals surface area contributed by atoms with Crippen LogP contribution < -0.4 is 4.74 Å². The van der Waals surface area contributed by atoms with Crippen molar-refractivity contribution in [2.75, 3.05) is 12.9 Å². The van der Waals surface area contributed by atoms with E-state index in [1.165, 1.54) is 0 Å². The molecule has 0 fully saturated rings. The van der Waals surface area contributed by atoms with Crippen LogP contribution in [0.2, 0.25) is 0 Å². The number of aliphatic carboxylic acids is 1. The van der Waals surface area contributed by atoms with Crippen molar-refractivity contribution in [3.05, 3.63) is 29.8 Å². The minimum atomic E-state index is -3.40. The lowest BCUT2D eigenvalue weighted by atomic mass is 9.92. The smallest absolute Gasteiger partial charge is 0.348 e. The Morgan fingerprint density at radius 2 is 1.83 bits per heavy atom. The second kappa shape index (κ2) is 7.79. The minimum Gasteiger partial charge on any atom is -0.478 e. The van der Waals surface area contributed by atoms with Crippen LogP contribution >= 0.6 is 0 Å². The molecule has 0 aliphatic heterocycles. The van der Waals surface area contributed by atoms with E-state index in [1.807, 2.05) is 12.1 Å². The third-order valence-electron chi connectivity index (χ3n) is 3.69. The molecular formula is C16H24O6S. The summed E-state index contributed by atoms with van der Waals surface area (Å²) in [6.45, 7) is 5.28. The predicted molar refractivity (Wildman–Crippen MR) is 87.1 cm³/mol. The van der Waals surface area contributed by atoms with Crippen molar-refractivity contribution in [2.45, 2.75) is 39.2 Å². The summed E-state index contributed by atoms with van der Waals surface area (Å²) in [7, 11) is -3.40. The molecule has 0 bridgehead atoms. The zero-order valence-corrected chi connectivity index (χ0v) is 14.7. The molecule has 0 spiro atoms. The van der Waals surface area contributed by atoms with E-state index in [9.17, 15) is 18.3 Å². The Hall–Kier alpha value is -1.60. The Kier molecular flexibility index (Phi) is 6.58. The number of hydrogen-bond acceptors (Lipinski definition) is 5. The van der Waals surface area contributed by atoms with Crippen LogP contribution in [0.5, 0.6) is 5.75 Å². The molecule has 0 saturated heterocycles. The predicted octanol–water partition coefficient (Wildman–Crippen LogP) is 2.47. The average Bonchev–Trinajstić information content (AvgIpc) is 2.43. The first-order valence-corrected chi connectivity index (χ1v) is 9.22. The highest BCUT2D eigenvalue weighted by molar-refractivity contribution is 7.85. The van der Waals surface area contributed by atoms with E-state index < -0.39 is 21.7 Å². The monoisotopic (exact) mass is 344 g/mol. The molecule has 0 aliphatic carbocycles. The van der Waals surface area contributed by atoms with Gasteiger partial charge in [-0.15, -0.1) is 0 Å². The summed E-state index contributed by atoms with van der Waals surface area (Å²) in [5, 5.41) is 9.34. The maximum atomic E-state index is 11.4. The highest BCUT2D eigenvalue weighted by Crippen LogP contribution is 2.26. The van der Waals surface area contributed by atoms with Crippen LogP contribution in [-0.4, -0.2) is 38.0 Å². The Morgan fingerprint density at radius 1 is 1.26 bits per heavy atom. The highest BCUT2D eigenvalue weighted by atomic mass is 32.2. The molecule has 1 atom stereocenters. The molecule has 0 heterocycles. The van der Waals surface area contributed by atoms with Gasteiger partial charge in [-0.1, -0.05) is 26.0 Å². The summed E-state index contributed by atoms with van der Waals surface area (Å²) >= 11 is 0. The molecule has 130 valence electrons. The van der Waals surface area contributed by atoms with E-state index in [-0.39, 0.29) is 12.5 Å². The van der Waals surface area contributed by atoms with Crippen molar-refractivity contribution in [3.8, 4) is 5.75 Å². The Balaban J connectivity index is 2.61. The van der Waals surface area contributed by atoms with Crippen molar-refractivity contribution in [1.82, 2.24) is 0 Å². The van der Waals surface area contributed by atoms with Crippen molar-refractivity contribution in [1.29, 1.82) is 0 Å². The van der Waals surface area contributed by atoms with E-state index in [2.05, 4.69) is 4.18 Å². The van der Waals surface area contributed by atoms with Crippen LogP contribution in [0.25, 0.3) is 0 Å². The number of aryl methyl sites for hydroxylation is 1. The van der Waals surface area contributed by atoms with Crippen molar-refractivity contribution >= 4 is 16.1 Å². The van der Waals surface area contributed by atoms with Gasteiger partial charge < -0.3 is 9.84 Å². The van der Waals surface area contributed by atoms with Gasteiger partial charge in [0.25, 0.3) is 10.1 Å². The number of carboxylic acids is 1. The van der Waals surface area contributed by atoms with Crippen molar-refractivity contribution in [3.63, 3.8) is 0 Å². The average molecular weight is 344 g/mol. The minimum absolute atomic E-state index is 0.140. The lowest BCUT2D eigenvalue weighted by molar-refractivity contribution is -0.157. The zero-order valence-electron chi connectivity index (χ0n) is 13.9. The van der Waals surface area contributed by atoms with Gasteiger partial charge in [0, 0.05) is 5.92 Å². The van der Waals surface area contributed by atoms with Gasteiger partial charge in [-0.2, -0.15) is 8.42 Å². The van der Waals surface area contributed by atoms with Gasteiger partial charge in [0.1, 0.15) is 5.75 Å². The third kappa shape index (κ3) is 6.19. The van der Waals surface area contributed by atoms with E-state index in [4.69, 9.17) is 4.74 Å². The van der Waals surface area contributed by atoms with Crippen molar-refractivity contribution in [2.24, 2.45) is 5.92 Å². The zero-order chi connectivity index (χ0) is 17.7. The van der Waals surface area contributed by atoms with Gasteiger partial charge in [0.15, 0.2) is 0 Å². The molecule has 6 nitrogen and oxygen atoms in total. The molecule has 1 aromatic rings. The van der Waals surface area contributed by atoms with Gasteiger partial charge in [0.05, 0.1) is 12.9 Å². The lowest BCUT2D eigenvalue weighted by Crippen LogP contribution is -2.46. The van der Waals surface area contributed by atoms with Gasteiger partial charge in [0.2, 0.25) is 5.60 Å². The Labute approximate surface area is 137 Å². The molecule has 23 heavy (non-hydrogen) atoms. The standard InChI is InChI=1S/C16H24O6S/c1-12(2)16(3,15(17)18)22-14-9-7-13(8-10-14)6-5-11-21-23(4,19)20/h7-10,12H,5-6,11H2,1-4H3,(H,17,18)/t16-/m1/s1. The van der Waals surface area contributed by atoms with E-state index in [0.717, 1.165) is 11.8 Å². The first-order valence-electron chi connectivity index (χ1n) is 7.40. The van der Waals surface area contributed by atoms with E-state index >= 15 is 0 Å². The lowest BCUT2D eigenvalue weighted by Gasteiger charge is -2.30. The molecule has 0 saturated carbocycles. The van der Waals surface area contributed by atoms with Crippen LogP contribution in [0.1, 0.15) is 32.8 Å². The first kappa shape index (κ1) is 19.4. The topological polar surface area (TPSA) is 89.9 Å². The molecule has 0 amide bonds. The molecule has 1 rings (SSSR count). The summed E-state index contributed by atoms with van der Waals surface area (Å²) in [6, 6.07) is 7.10. The summed E-state index contributed by atoms with van der Waals surface area (Å²) in [6.07, 6.45) is 2.26. The largest absolute Gasteiger partial charge is 0.478 e. The van der Waals surface area contributed by atoms with Crippen LogP contribution in [0, 0.1) is 5.92 Å². The fourth-order valence-corrected chi connectivity index (χ4v) is 2.28. The molecule has 7 heteroatoms. The molecular weight excluding hydrogens is 320 g/mol. The number of carboxylic acid groups (broad SMARTS) is 1. The fourth-order valence-electron chi connectivity index (χ4n) is 1.86. The third-order valence-corrected chi connectivity index (χ3v) is 4.28. The molecule has 0 unspecified atom stereocenters. The SMILES string of the molecule is CC(C)[C@@](C)(Oc1ccc(CCCOS(C)(=O)=O)cc1)C(=O)O. The van der Waals surface area contributed by atoms with E-state index in [0.29, 0.717) is 18.6 Å². The van der Waals surface area contributed by atoms with Crippen LogP contribution in [0.4, 0.5) is 0 Å². The summed E-state index contributed by atoms with van der Waals surface area (Å²) in [4.78, 5) is 11.4. The second-order valence-electron chi connectivity index (χ2n) is 5.94. The number of benzene rings is 1. The van der Waals surface area contributed by atoms with Crippen LogP contribution in [0.3, 0.4) is 0 Å². The summed E-state index contributed by atoms with van der Waals surface area (Å²) in [5.41, 5.74) is -0.291. The van der Waals surface area contributed by atoms with Gasteiger partial charge in [-0.05, 0) is 37.5 Å². The first-order chi connectivity index (χ1) is 10.5. The fraction of sp³-hybridized carbons (Fsp3) is 0.562. The molecule has 0 radical (unpaired) electrons. The number of ether oxygens (including phenoxy) is 1. The van der Waals surface area contributed by atoms with Gasteiger partial charge in [-0.3, -0.25) is 4.18 Å². The Bertz CT molecular complexity index is 620. The van der Waals surface area contributed by atoms with Gasteiger partial charge in [-0.25, -0.2) is 4.79 Å². The van der Waals surface area contributed by atoms with Gasteiger partial charge >= 0.3 is 5.97 Å². The molecule has 0 aromatic heterocycles.